The van der Waals surface area contributed by atoms with Crippen molar-refractivity contribution in [1.29, 1.82) is 0 Å². The van der Waals surface area contributed by atoms with Crippen LogP contribution in [0.1, 0.15) is 31.4 Å². The average Bonchev–Trinajstić information content (AvgIpc) is 3.16. The van der Waals surface area contributed by atoms with Crippen LogP contribution in [0.5, 0.6) is 0 Å². The van der Waals surface area contributed by atoms with E-state index < -0.39 is 0 Å². The first kappa shape index (κ1) is 19.6. The van der Waals surface area contributed by atoms with Gasteiger partial charge >= 0.3 is 0 Å². The maximum Gasteiger partial charge on any atom is 0.193 e. The number of morpholine rings is 2. The van der Waals surface area contributed by atoms with Gasteiger partial charge in [-0.15, -0.1) is 0 Å². The number of fused-ring (bicyclic) bond motifs is 1. The van der Waals surface area contributed by atoms with Crippen LogP contribution in [-0.2, 0) is 9.47 Å². The summed E-state index contributed by atoms with van der Waals surface area (Å²) in [6.07, 6.45) is 2.71. The third kappa shape index (κ3) is 4.47. The molecule has 3 fully saturated rings. The van der Waals surface area contributed by atoms with Crippen LogP contribution in [0, 0.1) is 5.82 Å². The SMILES string of the molecule is CN=C(NCC1CN2CCCC2CO1)N1CC(C)OC(c2ccc(F)cc2)C1. The first-order valence-electron chi connectivity index (χ1n) is 10.3. The molecule has 0 saturated carbocycles. The van der Waals surface area contributed by atoms with Crippen molar-refractivity contribution in [3.8, 4) is 0 Å². The van der Waals surface area contributed by atoms with Gasteiger partial charge in [-0.25, -0.2) is 4.39 Å². The number of hydrogen-bond acceptors (Lipinski definition) is 4. The second-order valence-electron chi connectivity index (χ2n) is 8.07. The lowest BCUT2D eigenvalue weighted by Gasteiger charge is -2.40. The molecule has 4 unspecified atom stereocenters. The van der Waals surface area contributed by atoms with Crippen LogP contribution in [0.15, 0.2) is 29.3 Å². The Bertz CT molecular complexity index is 683. The van der Waals surface area contributed by atoms with E-state index in [1.807, 2.05) is 7.05 Å². The third-order valence-corrected chi connectivity index (χ3v) is 5.96. The minimum atomic E-state index is -0.227. The van der Waals surface area contributed by atoms with E-state index in [0.29, 0.717) is 12.6 Å². The Hall–Kier alpha value is -1.70. The Morgan fingerprint density at radius 2 is 2.07 bits per heavy atom. The smallest absolute Gasteiger partial charge is 0.193 e. The molecule has 1 aromatic rings. The zero-order valence-electron chi connectivity index (χ0n) is 16.8. The van der Waals surface area contributed by atoms with Gasteiger partial charge in [0.05, 0.1) is 25.4 Å². The van der Waals surface area contributed by atoms with Crippen molar-refractivity contribution in [2.75, 3.05) is 46.4 Å². The van der Waals surface area contributed by atoms with Gasteiger partial charge in [-0.3, -0.25) is 9.89 Å². The summed E-state index contributed by atoms with van der Waals surface area (Å²) in [5, 5.41) is 3.50. The molecule has 0 radical (unpaired) electrons. The van der Waals surface area contributed by atoms with Crippen LogP contribution in [0.3, 0.4) is 0 Å². The molecule has 28 heavy (non-hydrogen) atoms. The molecule has 0 bridgehead atoms. The summed E-state index contributed by atoms with van der Waals surface area (Å²) in [6, 6.07) is 7.19. The van der Waals surface area contributed by atoms with Gasteiger partial charge in [0, 0.05) is 32.7 Å². The van der Waals surface area contributed by atoms with Gasteiger partial charge in [0.2, 0.25) is 0 Å². The lowest BCUT2D eigenvalue weighted by Crippen LogP contribution is -2.54. The molecule has 1 aromatic carbocycles. The topological polar surface area (TPSA) is 49.3 Å². The largest absolute Gasteiger partial charge is 0.373 e. The number of nitrogens with zero attached hydrogens (tertiary/aromatic N) is 3. The molecule has 0 amide bonds. The predicted molar refractivity (Wildman–Crippen MR) is 107 cm³/mol. The number of hydrogen-bond donors (Lipinski definition) is 1. The number of nitrogens with one attached hydrogen (secondary N) is 1. The minimum absolute atomic E-state index is 0.0682. The van der Waals surface area contributed by atoms with Gasteiger partial charge in [0.25, 0.3) is 0 Å². The summed E-state index contributed by atoms with van der Waals surface area (Å²) in [5.74, 6) is 0.643. The molecule has 4 rings (SSSR count). The fourth-order valence-corrected chi connectivity index (χ4v) is 4.53. The van der Waals surface area contributed by atoms with E-state index >= 15 is 0 Å². The van der Waals surface area contributed by atoms with E-state index in [-0.39, 0.29) is 24.1 Å². The second-order valence-corrected chi connectivity index (χ2v) is 8.07. The van der Waals surface area contributed by atoms with Crippen LogP contribution >= 0.6 is 0 Å². The monoisotopic (exact) mass is 390 g/mol. The Balaban J connectivity index is 1.35. The molecule has 3 heterocycles. The molecule has 0 aliphatic carbocycles. The standard InChI is InChI=1S/C21H31FN4O2/c1-15-11-26(13-20(28-15)16-5-7-17(22)8-6-16)21(23-2)24-10-19-12-25-9-3-4-18(25)14-27-19/h5-8,15,18-20H,3-4,9-14H2,1-2H3,(H,23,24). The van der Waals surface area contributed by atoms with E-state index in [0.717, 1.165) is 37.8 Å². The zero-order valence-corrected chi connectivity index (χ0v) is 16.8. The summed E-state index contributed by atoms with van der Waals surface area (Å²) >= 11 is 0. The molecule has 1 N–H and O–H groups in total. The van der Waals surface area contributed by atoms with Crippen LogP contribution in [0.2, 0.25) is 0 Å². The quantitative estimate of drug-likeness (QED) is 0.632. The second kappa shape index (κ2) is 8.76. The van der Waals surface area contributed by atoms with Crippen LogP contribution in [0.4, 0.5) is 4.39 Å². The molecule has 0 aromatic heterocycles. The lowest BCUT2D eigenvalue weighted by atomic mass is 10.1. The van der Waals surface area contributed by atoms with Crippen LogP contribution in [0.25, 0.3) is 0 Å². The van der Waals surface area contributed by atoms with Gasteiger partial charge in [0.15, 0.2) is 5.96 Å². The molecule has 7 heteroatoms. The summed E-state index contributed by atoms with van der Waals surface area (Å²) in [7, 11) is 1.81. The van der Waals surface area contributed by atoms with Gasteiger partial charge < -0.3 is 19.7 Å². The van der Waals surface area contributed by atoms with Gasteiger partial charge in [-0.2, -0.15) is 0 Å². The molecule has 0 spiro atoms. The van der Waals surface area contributed by atoms with E-state index in [1.54, 1.807) is 12.1 Å². The molecule has 3 aliphatic heterocycles. The van der Waals surface area contributed by atoms with Crippen molar-refractivity contribution < 1.29 is 13.9 Å². The van der Waals surface area contributed by atoms with Gasteiger partial charge in [0.1, 0.15) is 11.9 Å². The van der Waals surface area contributed by atoms with E-state index in [9.17, 15) is 4.39 Å². The third-order valence-electron chi connectivity index (χ3n) is 5.96. The number of benzene rings is 1. The first-order chi connectivity index (χ1) is 13.6. The van der Waals surface area contributed by atoms with Crippen molar-refractivity contribution >= 4 is 5.96 Å². The van der Waals surface area contributed by atoms with E-state index in [1.165, 1.54) is 31.5 Å². The Labute approximate surface area is 166 Å². The van der Waals surface area contributed by atoms with E-state index in [2.05, 4.69) is 27.0 Å². The number of aliphatic imine (C=N–C) groups is 1. The van der Waals surface area contributed by atoms with Crippen molar-refractivity contribution in [2.45, 2.75) is 44.1 Å². The molecule has 154 valence electrons. The molecule has 3 aliphatic rings. The van der Waals surface area contributed by atoms with Crippen molar-refractivity contribution in [3.63, 3.8) is 0 Å². The maximum atomic E-state index is 13.3. The number of guanidine groups is 1. The number of ether oxygens (including phenoxy) is 2. The van der Waals surface area contributed by atoms with E-state index in [4.69, 9.17) is 9.47 Å². The molecule has 4 atom stereocenters. The Morgan fingerprint density at radius 3 is 2.86 bits per heavy atom. The molecule has 6 nitrogen and oxygen atoms in total. The van der Waals surface area contributed by atoms with Crippen molar-refractivity contribution in [1.82, 2.24) is 15.1 Å². The Morgan fingerprint density at radius 1 is 1.25 bits per heavy atom. The summed E-state index contributed by atoms with van der Waals surface area (Å²) in [6.45, 7) is 7.31. The van der Waals surface area contributed by atoms with Crippen LogP contribution in [-0.4, -0.2) is 80.4 Å². The highest BCUT2D eigenvalue weighted by Gasteiger charge is 2.33. The first-order valence-corrected chi connectivity index (χ1v) is 10.3. The normalized spacial score (nSPS) is 31.7. The maximum absolute atomic E-state index is 13.3. The summed E-state index contributed by atoms with van der Waals surface area (Å²) in [5.41, 5.74) is 0.990. The van der Waals surface area contributed by atoms with Crippen LogP contribution < -0.4 is 5.32 Å². The highest BCUT2D eigenvalue weighted by molar-refractivity contribution is 5.80. The summed E-state index contributed by atoms with van der Waals surface area (Å²) < 4.78 is 25.4. The fraction of sp³-hybridized carbons (Fsp3) is 0.667. The predicted octanol–water partition coefficient (Wildman–Crippen LogP) is 2.03. The fourth-order valence-electron chi connectivity index (χ4n) is 4.53. The van der Waals surface area contributed by atoms with Gasteiger partial charge in [-0.1, -0.05) is 12.1 Å². The van der Waals surface area contributed by atoms with Crippen molar-refractivity contribution in [2.24, 2.45) is 4.99 Å². The average molecular weight is 391 g/mol. The highest BCUT2D eigenvalue weighted by Crippen LogP contribution is 2.26. The highest BCUT2D eigenvalue weighted by atomic mass is 19.1. The van der Waals surface area contributed by atoms with Crippen molar-refractivity contribution in [3.05, 3.63) is 35.6 Å². The minimum Gasteiger partial charge on any atom is -0.373 e. The molecular weight excluding hydrogens is 359 g/mol. The number of rotatable bonds is 3. The summed E-state index contributed by atoms with van der Waals surface area (Å²) in [4.78, 5) is 9.27. The zero-order chi connectivity index (χ0) is 19.5. The molecule has 3 saturated heterocycles. The Kier molecular flexibility index (Phi) is 6.13. The lowest BCUT2D eigenvalue weighted by molar-refractivity contribution is -0.0618. The number of halogens is 1. The molecular formula is C21H31FN4O2. The van der Waals surface area contributed by atoms with Gasteiger partial charge in [-0.05, 0) is 44.0 Å².